The van der Waals surface area contributed by atoms with Crippen molar-refractivity contribution >= 4 is 22.5 Å². The summed E-state index contributed by atoms with van der Waals surface area (Å²) in [7, 11) is 1.56. The molecule has 0 saturated carbocycles. The van der Waals surface area contributed by atoms with Crippen LogP contribution in [0.3, 0.4) is 0 Å². The molecule has 0 bridgehead atoms. The Kier molecular flexibility index (Phi) is 3.52. The maximum absolute atomic E-state index is 13.6. The summed E-state index contributed by atoms with van der Waals surface area (Å²) >= 11 is 6.21. The number of methoxy groups -OCH3 is 1. The maximum Gasteiger partial charge on any atom is 0.128 e. The van der Waals surface area contributed by atoms with E-state index in [4.69, 9.17) is 16.3 Å². The number of para-hydroxylation sites is 1. The number of aryl methyl sites for hydroxylation is 1. The largest absolute Gasteiger partial charge is 0.496 e. The first kappa shape index (κ1) is 13.8. The van der Waals surface area contributed by atoms with Crippen molar-refractivity contribution in [3.63, 3.8) is 0 Å². The third-order valence-corrected chi connectivity index (χ3v) is 3.71. The van der Waals surface area contributed by atoms with E-state index in [0.29, 0.717) is 27.5 Å². The number of hydrogen-bond acceptors (Lipinski definition) is 2. The molecule has 0 aliphatic rings. The monoisotopic (exact) mass is 301 g/mol. The Bertz CT molecular complexity index is 832. The van der Waals surface area contributed by atoms with Gasteiger partial charge >= 0.3 is 0 Å². The van der Waals surface area contributed by atoms with Crippen molar-refractivity contribution in [1.82, 2.24) is 4.98 Å². The maximum atomic E-state index is 13.6. The fourth-order valence-electron chi connectivity index (χ4n) is 2.41. The third kappa shape index (κ3) is 2.45. The van der Waals surface area contributed by atoms with Crippen LogP contribution in [0.2, 0.25) is 5.02 Å². The van der Waals surface area contributed by atoms with Crippen molar-refractivity contribution in [2.75, 3.05) is 7.11 Å². The number of halogens is 2. The number of nitrogens with zero attached hydrogens (tertiary/aromatic N) is 1. The Morgan fingerprint density at radius 3 is 2.71 bits per heavy atom. The number of pyridine rings is 1. The van der Waals surface area contributed by atoms with Gasteiger partial charge in [-0.1, -0.05) is 23.7 Å². The molecule has 0 fully saturated rings. The lowest BCUT2D eigenvalue weighted by Gasteiger charge is -2.12. The molecule has 0 amide bonds. The predicted octanol–water partition coefficient (Wildman–Crippen LogP) is 5.01. The minimum atomic E-state index is -0.328. The first-order chi connectivity index (χ1) is 10.1. The lowest BCUT2D eigenvalue weighted by atomic mass is 10.0. The van der Waals surface area contributed by atoms with E-state index in [2.05, 4.69) is 4.98 Å². The van der Waals surface area contributed by atoms with Gasteiger partial charge in [-0.05, 0) is 42.8 Å². The quantitative estimate of drug-likeness (QED) is 0.663. The molecule has 0 aliphatic carbocycles. The van der Waals surface area contributed by atoms with Gasteiger partial charge in [0.25, 0.3) is 0 Å². The molecular weight excluding hydrogens is 289 g/mol. The average Bonchev–Trinajstić information content (AvgIpc) is 2.47. The number of aromatic nitrogens is 1. The van der Waals surface area contributed by atoms with Crippen LogP contribution in [0.25, 0.3) is 22.2 Å². The third-order valence-electron chi connectivity index (χ3n) is 3.40. The van der Waals surface area contributed by atoms with E-state index in [1.54, 1.807) is 19.2 Å². The second-order valence-corrected chi connectivity index (χ2v) is 5.22. The zero-order valence-corrected chi connectivity index (χ0v) is 12.4. The van der Waals surface area contributed by atoms with Crippen LogP contribution in [-0.4, -0.2) is 12.1 Å². The molecule has 0 radical (unpaired) electrons. The van der Waals surface area contributed by atoms with E-state index >= 15 is 0 Å². The van der Waals surface area contributed by atoms with Crippen molar-refractivity contribution in [2.24, 2.45) is 0 Å². The summed E-state index contributed by atoms with van der Waals surface area (Å²) in [6.07, 6.45) is 0. The lowest BCUT2D eigenvalue weighted by molar-refractivity contribution is 0.415. The number of rotatable bonds is 2. The predicted molar refractivity (Wildman–Crippen MR) is 83.4 cm³/mol. The van der Waals surface area contributed by atoms with Crippen molar-refractivity contribution in [3.05, 3.63) is 58.9 Å². The van der Waals surface area contributed by atoms with Gasteiger partial charge < -0.3 is 4.74 Å². The fourth-order valence-corrected chi connectivity index (χ4v) is 2.63. The van der Waals surface area contributed by atoms with Crippen molar-refractivity contribution in [2.45, 2.75) is 6.92 Å². The molecule has 0 spiro atoms. The number of benzene rings is 2. The molecule has 3 rings (SSSR count). The highest BCUT2D eigenvalue weighted by atomic mass is 35.5. The Balaban J connectivity index is 2.32. The van der Waals surface area contributed by atoms with Gasteiger partial charge in [0.15, 0.2) is 0 Å². The Morgan fingerprint density at radius 2 is 1.95 bits per heavy atom. The molecule has 21 heavy (non-hydrogen) atoms. The molecule has 0 saturated heterocycles. The fraction of sp³-hybridized carbons (Fsp3) is 0.118. The topological polar surface area (TPSA) is 22.1 Å². The van der Waals surface area contributed by atoms with E-state index in [0.717, 1.165) is 10.9 Å². The SMILES string of the molecule is COc1ccc(F)cc1-c1nc2c(Cl)cccc2cc1C. The molecule has 2 aromatic carbocycles. The van der Waals surface area contributed by atoms with Gasteiger partial charge in [-0.15, -0.1) is 0 Å². The van der Waals surface area contributed by atoms with E-state index < -0.39 is 0 Å². The van der Waals surface area contributed by atoms with Crippen LogP contribution in [0.15, 0.2) is 42.5 Å². The standard InChI is InChI=1S/C17H13ClFNO/c1-10-8-11-4-3-5-14(18)17(11)20-16(10)13-9-12(19)6-7-15(13)21-2/h3-9H,1-2H3. The second-order valence-electron chi connectivity index (χ2n) is 4.81. The first-order valence-electron chi connectivity index (χ1n) is 6.50. The van der Waals surface area contributed by atoms with Crippen LogP contribution in [-0.2, 0) is 0 Å². The zero-order chi connectivity index (χ0) is 15.0. The molecule has 4 heteroatoms. The van der Waals surface area contributed by atoms with Gasteiger partial charge in [0.1, 0.15) is 11.6 Å². The number of fused-ring (bicyclic) bond motifs is 1. The lowest BCUT2D eigenvalue weighted by Crippen LogP contribution is -1.95. The van der Waals surface area contributed by atoms with Crippen molar-refractivity contribution in [3.8, 4) is 17.0 Å². The smallest absolute Gasteiger partial charge is 0.128 e. The van der Waals surface area contributed by atoms with E-state index in [1.165, 1.54) is 12.1 Å². The molecule has 0 unspecified atom stereocenters. The van der Waals surface area contributed by atoms with Gasteiger partial charge in [-0.3, -0.25) is 0 Å². The van der Waals surface area contributed by atoms with Gasteiger partial charge in [-0.25, -0.2) is 9.37 Å². The molecule has 0 N–H and O–H groups in total. The summed E-state index contributed by atoms with van der Waals surface area (Å²) < 4.78 is 18.9. The van der Waals surface area contributed by atoms with Crippen LogP contribution in [0.4, 0.5) is 4.39 Å². The highest BCUT2D eigenvalue weighted by molar-refractivity contribution is 6.35. The zero-order valence-electron chi connectivity index (χ0n) is 11.7. The Hall–Kier alpha value is -2.13. The molecule has 106 valence electrons. The molecule has 0 atom stereocenters. The van der Waals surface area contributed by atoms with Crippen molar-refractivity contribution < 1.29 is 9.13 Å². The Labute approximate surface area is 127 Å². The Morgan fingerprint density at radius 1 is 1.14 bits per heavy atom. The number of ether oxygens (including phenoxy) is 1. The molecule has 1 heterocycles. The first-order valence-corrected chi connectivity index (χ1v) is 6.87. The molecule has 0 aliphatic heterocycles. The van der Waals surface area contributed by atoms with Gasteiger partial charge in [0, 0.05) is 10.9 Å². The molecular formula is C17H13ClFNO. The molecule has 2 nitrogen and oxygen atoms in total. The van der Waals surface area contributed by atoms with Crippen molar-refractivity contribution in [1.29, 1.82) is 0 Å². The van der Waals surface area contributed by atoms with Crippen LogP contribution >= 0.6 is 11.6 Å². The summed E-state index contributed by atoms with van der Waals surface area (Å²) in [5.74, 6) is 0.254. The van der Waals surface area contributed by atoms with Gasteiger partial charge in [0.05, 0.1) is 23.3 Å². The van der Waals surface area contributed by atoms with E-state index in [-0.39, 0.29) is 5.82 Å². The van der Waals surface area contributed by atoms with Crippen LogP contribution in [0.5, 0.6) is 5.75 Å². The summed E-state index contributed by atoms with van der Waals surface area (Å²) in [6, 6.07) is 12.0. The molecule has 1 aromatic heterocycles. The normalized spacial score (nSPS) is 10.9. The minimum Gasteiger partial charge on any atom is -0.496 e. The van der Waals surface area contributed by atoms with E-state index in [1.807, 2.05) is 25.1 Å². The highest BCUT2D eigenvalue weighted by Crippen LogP contribution is 2.34. The van der Waals surface area contributed by atoms with Crippen LogP contribution in [0.1, 0.15) is 5.56 Å². The summed E-state index contributed by atoms with van der Waals surface area (Å²) in [5.41, 5.74) is 2.93. The summed E-state index contributed by atoms with van der Waals surface area (Å²) in [6.45, 7) is 1.94. The second kappa shape index (κ2) is 5.34. The highest BCUT2D eigenvalue weighted by Gasteiger charge is 2.13. The minimum absolute atomic E-state index is 0.328. The summed E-state index contributed by atoms with van der Waals surface area (Å²) in [5, 5.41) is 1.53. The molecule has 3 aromatic rings. The van der Waals surface area contributed by atoms with Crippen LogP contribution in [0, 0.1) is 12.7 Å². The van der Waals surface area contributed by atoms with Crippen LogP contribution < -0.4 is 4.74 Å². The summed E-state index contributed by atoms with van der Waals surface area (Å²) in [4.78, 5) is 4.62. The van der Waals surface area contributed by atoms with E-state index in [9.17, 15) is 4.39 Å². The van der Waals surface area contributed by atoms with Gasteiger partial charge in [0.2, 0.25) is 0 Å². The van der Waals surface area contributed by atoms with Gasteiger partial charge in [-0.2, -0.15) is 0 Å². The number of hydrogen-bond donors (Lipinski definition) is 0. The average molecular weight is 302 g/mol.